The summed E-state index contributed by atoms with van der Waals surface area (Å²) in [4.78, 5) is 19.5. The minimum absolute atomic E-state index is 0.237. The SMILES string of the molecule is CC1(C)CCC(O)(CNC(=O)c2cncnc2)CC1. The van der Waals surface area contributed by atoms with Gasteiger partial charge in [0.1, 0.15) is 6.33 Å². The molecular weight excluding hydrogens is 242 g/mol. The highest BCUT2D eigenvalue weighted by Gasteiger charge is 2.36. The molecule has 0 unspecified atom stereocenters. The molecule has 1 aromatic rings. The van der Waals surface area contributed by atoms with Gasteiger partial charge >= 0.3 is 0 Å². The molecule has 2 N–H and O–H groups in total. The van der Waals surface area contributed by atoms with E-state index in [9.17, 15) is 9.90 Å². The van der Waals surface area contributed by atoms with Gasteiger partial charge in [0.25, 0.3) is 5.91 Å². The number of aliphatic hydroxyl groups is 1. The Balaban J connectivity index is 1.87. The first-order valence-electron chi connectivity index (χ1n) is 6.66. The Morgan fingerprint density at radius 2 is 1.84 bits per heavy atom. The molecule has 0 spiro atoms. The van der Waals surface area contributed by atoms with E-state index in [0.29, 0.717) is 11.0 Å². The van der Waals surface area contributed by atoms with Gasteiger partial charge in [0.15, 0.2) is 0 Å². The Labute approximate surface area is 113 Å². The summed E-state index contributed by atoms with van der Waals surface area (Å²) in [5, 5.41) is 13.2. The van der Waals surface area contributed by atoms with Gasteiger partial charge in [-0.05, 0) is 31.1 Å². The summed E-state index contributed by atoms with van der Waals surface area (Å²) in [5.41, 5.74) is -0.0631. The van der Waals surface area contributed by atoms with Crippen LogP contribution < -0.4 is 5.32 Å². The van der Waals surface area contributed by atoms with Crippen LogP contribution in [0.1, 0.15) is 49.9 Å². The molecule has 19 heavy (non-hydrogen) atoms. The zero-order valence-corrected chi connectivity index (χ0v) is 11.5. The first-order valence-corrected chi connectivity index (χ1v) is 6.66. The summed E-state index contributed by atoms with van der Waals surface area (Å²) in [7, 11) is 0. The lowest BCUT2D eigenvalue weighted by Crippen LogP contribution is -2.46. The highest BCUT2D eigenvalue weighted by atomic mass is 16.3. The number of carbonyl (C=O) groups excluding carboxylic acids is 1. The second-order valence-corrected chi connectivity index (χ2v) is 6.20. The van der Waals surface area contributed by atoms with Crippen LogP contribution in [0.3, 0.4) is 0 Å². The quantitative estimate of drug-likeness (QED) is 0.867. The molecule has 1 aliphatic carbocycles. The fourth-order valence-corrected chi connectivity index (χ4v) is 2.33. The van der Waals surface area contributed by atoms with Crippen LogP contribution in [-0.4, -0.2) is 33.1 Å². The number of nitrogens with zero attached hydrogens (tertiary/aromatic N) is 2. The summed E-state index contributed by atoms with van der Waals surface area (Å²) < 4.78 is 0. The molecule has 1 aromatic heterocycles. The number of hydrogen-bond acceptors (Lipinski definition) is 4. The van der Waals surface area contributed by atoms with Crippen LogP contribution in [0.2, 0.25) is 0 Å². The number of amides is 1. The molecule has 0 bridgehead atoms. The van der Waals surface area contributed by atoms with E-state index in [1.807, 2.05) is 0 Å². The van der Waals surface area contributed by atoms with Crippen molar-refractivity contribution in [2.24, 2.45) is 5.41 Å². The largest absolute Gasteiger partial charge is 0.388 e. The van der Waals surface area contributed by atoms with Gasteiger partial charge < -0.3 is 10.4 Å². The van der Waals surface area contributed by atoms with Crippen molar-refractivity contribution >= 4 is 5.91 Å². The van der Waals surface area contributed by atoms with Gasteiger partial charge in [-0.15, -0.1) is 0 Å². The van der Waals surface area contributed by atoms with Crippen molar-refractivity contribution in [3.05, 3.63) is 24.3 Å². The van der Waals surface area contributed by atoms with Gasteiger partial charge in [-0.25, -0.2) is 9.97 Å². The van der Waals surface area contributed by atoms with Crippen molar-refractivity contribution in [1.29, 1.82) is 0 Å². The molecule has 104 valence electrons. The van der Waals surface area contributed by atoms with Gasteiger partial charge in [0.05, 0.1) is 11.2 Å². The topological polar surface area (TPSA) is 75.1 Å². The highest BCUT2D eigenvalue weighted by molar-refractivity contribution is 5.93. The van der Waals surface area contributed by atoms with E-state index in [4.69, 9.17) is 0 Å². The molecule has 0 radical (unpaired) electrons. The van der Waals surface area contributed by atoms with Crippen molar-refractivity contribution in [3.63, 3.8) is 0 Å². The first-order chi connectivity index (χ1) is 8.90. The Morgan fingerprint density at radius 3 is 2.42 bits per heavy atom. The van der Waals surface area contributed by atoms with Gasteiger partial charge in [-0.3, -0.25) is 4.79 Å². The summed E-state index contributed by atoms with van der Waals surface area (Å²) in [6, 6.07) is 0. The number of carbonyl (C=O) groups is 1. The second-order valence-electron chi connectivity index (χ2n) is 6.20. The number of nitrogens with one attached hydrogen (secondary N) is 1. The van der Waals surface area contributed by atoms with Crippen LogP contribution >= 0.6 is 0 Å². The fourth-order valence-electron chi connectivity index (χ4n) is 2.33. The molecule has 0 aliphatic heterocycles. The standard InChI is InChI=1S/C14H21N3O2/c1-13(2)3-5-14(19,6-4-13)9-17-12(18)11-7-15-10-16-8-11/h7-8,10,19H,3-6,9H2,1-2H3,(H,17,18). The molecule has 1 amide bonds. The molecular formula is C14H21N3O2. The minimum Gasteiger partial charge on any atom is -0.388 e. The monoisotopic (exact) mass is 263 g/mol. The highest BCUT2D eigenvalue weighted by Crippen LogP contribution is 2.39. The lowest BCUT2D eigenvalue weighted by atomic mass is 9.71. The van der Waals surface area contributed by atoms with Crippen LogP contribution in [-0.2, 0) is 0 Å². The molecule has 0 atom stereocenters. The summed E-state index contributed by atoms with van der Waals surface area (Å²) >= 11 is 0. The van der Waals surface area contributed by atoms with E-state index in [1.165, 1.54) is 18.7 Å². The molecule has 0 saturated heterocycles. The third-order valence-electron chi connectivity index (χ3n) is 3.94. The van der Waals surface area contributed by atoms with Crippen LogP contribution in [0.4, 0.5) is 0 Å². The van der Waals surface area contributed by atoms with Crippen molar-refractivity contribution in [2.45, 2.75) is 45.1 Å². The molecule has 1 heterocycles. The Bertz CT molecular complexity index is 435. The molecule has 1 saturated carbocycles. The molecule has 1 aliphatic rings. The first kappa shape index (κ1) is 13.9. The van der Waals surface area contributed by atoms with Gasteiger partial charge in [-0.2, -0.15) is 0 Å². The van der Waals surface area contributed by atoms with E-state index in [2.05, 4.69) is 29.1 Å². The van der Waals surface area contributed by atoms with E-state index in [0.717, 1.165) is 25.7 Å². The summed E-state index contributed by atoms with van der Waals surface area (Å²) in [5.74, 6) is -0.237. The minimum atomic E-state index is -0.777. The van der Waals surface area contributed by atoms with Crippen LogP contribution in [0.25, 0.3) is 0 Å². The Kier molecular flexibility index (Phi) is 3.85. The lowest BCUT2D eigenvalue weighted by molar-refractivity contribution is -0.0233. The van der Waals surface area contributed by atoms with Gasteiger partial charge in [0, 0.05) is 18.9 Å². The maximum Gasteiger partial charge on any atom is 0.254 e. The molecule has 5 heteroatoms. The van der Waals surface area contributed by atoms with E-state index in [-0.39, 0.29) is 12.5 Å². The maximum atomic E-state index is 11.9. The Hall–Kier alpha value is -1.49. The molecule has 2 rings (SSSR count). The predicted octanol–water partition coefficient (Wildman–Crippen LogP) is 1.54. The molecule has 1 fully saturated rings. The Morgan fingerprint density at radius 1 is 1.26 bits per heavy atom. The van der Waals surface area contributed by atoms with Crippen molar-refractivity contribution in [2.75, 3.05) is 6.54 Å². The smallest absolute Gasteiger partial charge is 0.254 e. The zero-order chi connectivity index (χ0) is 13.9. The molecule has 0 aromatic carbocycles. The lowest BCUT2D eigenvalue weighted by Gasteiger charge is -2.40. The summed E-state index contributed by atoms with van der Waals surface area (Å²) in [6.07, 6.45) is 7.74. The van der Waals surface area contributed by atoms with Crippen molar-refractivity contribution < 1.29 is 9.90 Å². The van der Waals surface area contributed by atoms with Crippen LogP contribution in [0, 0.1) is 5.41 Å². The van der Waals surface area contributed by atoms with Gasteiger partial charge in [0.2, 0.25) is 0 Å². The van der Waals surface area contributed by atoms with E-state index < -0.39 is 5.60 Å². The average molecular weight is 263 g/mol. The predicted molar refractivity (Wildman–Crippen MR) is 71.6 cm³/mol. The number of hydrogen-bond donors (Lipinski definition) is 2. The third kappa shape index (κ3) is 3.73. The summed E-state index contributed by atoms with van der Waals surface area (Å²) in [6.45, 7) is 4.72. The average Bonchev–Trinajstić information content (AvgIpc) is 2.41. The number of aromatic nitrogens is 2. The van der Waals surface area contributed by atoms with E-state index >= 15 is 0 Å². The van der Waals surface area contributed by atoms with Crippen molar-refractivity contribution in [3.8, 4) is 0 Å². The van der Waals surface area contributed by atoms with Crippen LogP contribution in [0.5, 0.6) is 0 Å². The van der Waals surface area contributed by atoms with Gasteiger partial charge in [-0.1, -0.05) is 13.8 Å². The number of rotatable bonds is 3. The fraction of sp³-hybridized carbons (Fsp3) is 0.643. The molecule has 5 nitrogen and oxygen atoms in total. The van der Waals surface area contributed by atoms with Crippen LogP contribution in [0.15, 0.2) is 18.7 Å². The van der Waals surface area contributed by atoms with Crippen molar-refractivity contribution in [1.82, 2.24) is 15.3 Å². The van der Waals surface area contributed by atoms with E-state index in [1.54, 1.807) is 0 Å². The normalized spacial score (nSPS) is 20.8. The zero-order valence-electron chi connectivity index (χ0n) is 11.5. The third-order valence-corrected chi connectivity index (χ3v) is 3.94. The second kappa shape index (κ2) is 5.25. The maximum absolute atomic E-state index is 11.9.